The van der Waals surface area contributed by atoms with E-state index in [-0.39, 0.29) is 18.7 Å². The molecule has 170 valence electrons. The van der Waals surface area contributed by atoms with Crippen LogP contribution in [-0.4, -0.2) is 60.9 Å². The van der Waals surface area contributed by atoms with E-state index >= 15 is 0 Å². The Bertz CT molecular complexity index is 809. The third-order valence-corrected chi connectivity index (χ3v) is 5.20. The number of carbonyl (C=O) groups is 1. The van der Waals surface area contributed by atoms with E-state index in [2.05, 4.69) is 15.6 Å². The maximum absolute atomic E-state index is 11.9. The highest BCUT2D eigenvalue weighted by Crippen LogP contribution is 2.21. The molecule has 2 aromatic rings. The van der Waals surface area contributed by atoms with Crippen LogP contribution in [-0.2, 0) is 16.8 Å². The molecular formula is C22H32N4O5. The lowest BCUT2D eigenvalue weighted by Gasteiger charge is -2.32. The lowest BCUT2D eigenvalue weighted by Crippen LogP contribution is -2.50. The highest BCUT2D eigenvalue weighted by Gasteiger charge is 2.27. The van der Waals surface area contributed by atoms with Gasteiger partial charge in [-0.3, -0.25) is 0 Å². The smallest absolute Gasteiger partial charge is 0.409 e. The fraction of sp³-hybridized carbons (Fsp3) is 0.545. The minimum atomic E-state index is -1.22. The Morgan fingerprint density at radius 1 is 1.29 bits per heavy atom. The number of ether oxygens (including phenoxy) is 1. The van der Waals surface area contributed by atoms with Crippen molar-refractivity contribution < 1.29 is 23.5 Å². The molecule has 0 spiro atoms. The normalized spacial score (nSPS) is 17.3. The third kappa shape index (κ3) is 6.78. The zero-order valence-electron chi connectivity index (χ0n) is 18.2. The number of aliphatic imine (C=N–C) groups is 1. The van der Waals surface area contributed by atoms with Crippen molar-refractivity contribution in [2.75, 3.05) is 32.8 Å². The number of amides is 1. The maximum atomic E-state index is 11.9. The van der Waals surface area contributed by atoms with Crippen molar-refractivity contribution >= 4 is 12.1 Å². The quantitative estimate of drug-likeness (QED) is 0.434. The van der Waals surface area contributed by atoms with Crippen LogP contribution in [0, 0.1) is 0 Å². The number of guanidine groups is 1. The molecular weight excluding hydrogens is 400 g/mol. The molecule has 31 heavy (non-hydrogen) atoms. The van der Waals surface area contributed by atoms with E-state index in [0.29, 0.717) is 44.4 Å². The number of nitrogens with one attached hydrogen (secondary N) is 2. The molecule has 3 rings (SSSR count). The predicted octanol–water partition coefficient (Wildman–Crippen LogP) is 2.48. The number of likely N-dealkylation sites (tertiary alicyclic amines) is 1. The summed E-state index contributed by atoms with van der Waals surface area (Å²) in [4.78, 5) is 18.2. The molecule has 1 aliphatic rings. The Morgan fingerprint density at radius 2 is 2.03 bits per heavy atom. The summed E-state index contributed by atoms with van der Waals surface area (Å²) >= 11 is 0. The summed E-state index contributed by atoms with van der Waals surface area (Å²) in [5.41, 5.74) is -1.22. The average molecular weight is 433 g/mol. The summed E-state index contributed by atoms with van der Waals surface area (Å²) in [5, 5.41) is 17.5. The maximum Gasteiger partial charge on any atom is 0.409 e. The van der Waals surface area contributed by atoms with Crippen molar-refractivity contribution in [2.24, 2.45) is 4.99 Å². The third-order valence-electron chi connectivity index (χ3n) is 5.20. The zero-order valence-corrected chi connectivity index (χ0v) is 18.2. The topological polar surface area (TPSA) is 112 Å². The van der Waals surface area contributed by atoms with Crippen LogP contribution in [0.5, 0.6) is 0 Å². The second-order valence-corrected chi connectivity index (χ2v) is 7.78. The summed E-state index contributed by atoms with van der Waals surface area (Å²) in [6.45, 7) is 5.88. The summed E-state index contributed by atoms with van der Waals surface area (Å²) < 4.78 is 15.8. The first kappa shape index (κ1) is 22.7. The molecule has 9 heteroatoms. The molecule has 1 fully saturated rings. The fourth-order valence-electron chi connectivity index (χ4n) is 3.42. The average Bonchev–Trinajstić information content (AvgIpc) is 3.47. The fourth-order valence-corrected chi connectivity index (χ4v) is 3.42. The molecule has 0 aliphatic carbocycles. The highest BCUT2D eigenvalue weighted by atomic mass is 16.6. The van der Waals surface area contributed by atoms with Gasteiger partial charge in [0.1, 0.15) is 17.1 Å². The van der Waals surface area contributed by atoms with Crippen molar-refractivity contribution in [2.45, 2.75) is 44.8 Å². The number of nitrogens with zero attached hydrogens (tertiary/aromatic N) is 2. The van der Waals surface area contributed by atoms with Gasteiger partial charge in [-0.05, 0) is 51.0 Å². The Balaban J connectivity index is 1.58. The van der Waals surface area contributed by atoms with Gasteiger partial charge in [0.15, 0.2) is 5.96 Å². The standard InChI is InChI=1S/C22H32N4O5/c1-3-29-21(27)26-12-9-17(10-13-26)25-20(23-11-8-18-6-4-14-30-18)24-16-22(2,28)19-7-5-15-31-19/h4-7,14-15,17,28H,3,8-13,16H2,1-2H3,(H2,23,24,25). The molecule has 1 aliphatic heterocycles. The van der Waals surface area contributed by atoms with E-state index in [1.807, 2.05) is 12.1 Å². The van der Waals surface area contributed by atoms with Crippen LogP contribution in [0.4, 0.5) is 4.79 Å². The summed E-state index contributed by atoms with van der Waals surface area (Å²) in [7, 11) is 0. The van der Waals surface area contributed by atoms with Crippen molar-refractivity contribution in [3.63, 3.8) is 0 Å². The van der Waals surface area contributed by atoms with E-state index in [1.54, 1.807) is 37.1 Å². The molecule has 2 aromatic heterocycles. The van der Waals surface area contributed by atoms with Gasteiger partial charge in [-0.25, -0.2) is 9.79 Å². The number of hydrogen-bond acceptors (Lipinski definition) is 6. The van der Waals surface area contributed by atoms with Gasteiger partial charge in [0.05, 0.1) is 25.7 Å². The SMILES string of the molecule is CCOC(=O)N1CCC(NC(=NCC(C)(O)c2ccco2)NCCc2ccco2)CC1. The monoisotopic (exact) mass is 432 g/mol. The van der Waals surface area contributed by atoms with Gasteiger partial charge >= 0.3 is 6.09 Å². The Morgan fingerprint density at radius 3 is 2.68 bits per heavy atom. The number of rotatable bonds is 8. The second-order valence-electron chi connectivity index (χ2n) is 7.78. The van der Waals surface area contributed by atoms with Crippen molar-refractivity contribution in [3.05, 3.63) is 48.3 Å². The van der Waals surface area contributed by atoms with E-state index in [4.69, 9.17) is 13.6 Å². The Labute approximate surface area is 182 Å². The van der Waals surface area contributed by atoms with Gasteiger partial charge in [-0.15, -0.1) is 0 Å². The molecule has 0 aromatic carbocycles. The molecule has 3 heterocycles. The lowest BCUT2D eigenvalue weighted by molar-refractivity contribution is 0.0436. The van der Waals surface area contributed by atoms with E-state index in [9.17, 15) is 9.90 Å². The highest BCUT2D eigenvalue weighted by molar-refractivity contribution is 5.80. The zero-order chi connectivity index (χ0) is 22.1. The second kappa shape index (κ2) is 10.9. The summed E-state index contributed by atoms with van der Waals surface area (Å²) in [6, 6.07) is 7.43. The van der Waals surface area contributed by atoms with Crippen LogP contribution < -0.4 is 10.6 Å². The van der Waals surface area contributed by atoms with Gasteiger partial charge in [0, 0.05) is 32.1 Å². The van der Waals surface area contributed by atoms with Crippen molar-refractivity contribution in [1.82, 2.24) is 15.5 Å². The van der Waals surface area contributed by atoms with Crippen LogP contribution in [0.25, 0.3) is 0 Å². The van der Waals surface area contributed by atoms with Crippen LogP contribution in [0.3, 0.4) is 0 Å². The Hall–Kier alpha value is -2.94. The minimum absolute atomic E-state index is 0.137. The van der Waals surface area contributed by atoms with Gasteiger partial charge < -0.3 is 34.2 Å². The molecule has 0 saturated carbocycles. The minimum Gasteiger partial charge on any atom is -0.469 e. The first-order valence-corrected chi connectivity index (χ1v) is 10.7. The largest absolute Gasteiger partial charge is 0.469 e. The van der Waals surface area contributed by atoms with Gasteiger partial charge in [0.2, 0.25) is 0 Å². The van der Waals surface area contributed by atoms with Crippen LogP contribution in [0.2, 0.25) is 0 Å². The lowest BCUT2D eigenvalue weighted by atomic mass is 10.0. The van der Waals surface area contributed by atoms with Crippen LogP contribution in [0.15, 0.2) is 50.6 Å². The van der Waals surface area contributed by atoms with Crippen molar-refractivity contribution in [3.8, 4) is 0 Å². The molecule has 9 nitrogen and oxygen atoms in total. The first-order chi connectivity index (χ1) is 15.0. The predicted molar refractivity (Wildman–Crippen MR) is 116 cm³/mol. The molecule has 1 atom stereocenters. The number of piperidine rings is 1. The molecule has 1 unspecified atom stereocenters. The van der Waals surface area contributed by atoms with E-state index < -0.39 is 5.60 Å². The first-order valence-electron chi connectivity index (χ1n) is 10.7. The van der Waals surface area contributed by atoms with Gasteiger partial charge in [-0.1, -0.05) is 0 Å². The molecule has 3 N–H and O–H groups in total. The van der Waals surface area contributed by atoms with Crippen molar-refractivity contribution in [1.29, 1.82) is 0 Å². The van der Waals surface area contributed by atoms with Crippen LogP contribution in [0.1, 0.15) is 38.2 Å². The van der Waals surface area contributed by atoms with Crippen LogP contribution >= 0.6 is 0 Å². The Kier molecular flexibility index (Phi) is 8.00. The molecule has 1 saturated heterocycles. The number of aliphatic hydroxyl groups is 1. The number of hydrogen-bond donors (Lipinski definition) is 3. The number of carbonyl (C=O) groups excluding carboxylic acids is 1. The summed E-state index contributed by atoms with van der Waals surface area (Å²) in [5.74, 6) is 1.96. The number of furan rings is 2. The molecule has 1 amide bonds. The van der Waals surface area contributed by atoms with E-state index in [0.717, 1.165) is 18.6 Å². The van der Waals surface area contributed by atoms with Gasteiger partial charge in [0.25, 0.3) is 0 Å². The molecule has 0 radical (unpaired) electrons. The molecule has 0 bridgehead atoms. The van der Waals surface area contributed by atoms with Gasteiger partial charge in [-0.2, -0.15) is 0 Å². The summed E-state index contributed by atoms with van der Waals surface area (Å²) in [6.07, 6.45) is 5.20. The van der Waals surface area contributed by atoms with E-state index in [1.165, 1.54) is 6.26 Å².